The standard InChI is InChI=1S/C24H23N5O4S/c1-3-33-21-11-13-22(14-12-21)34(31,32)29-19-9-7-17(8-10-19)24(30)26-20-6-4-5-18(15-20)23-25-16(2)27-28-23/h4-15,29H,3H2,1-2H3,(H,26,30)(H,25,27,28). The van der Waals surface area contributed by atoms with Crippen LogP contribution in [0.2, 0.25) is 0 Å². The van der Waals surface area contributed by atoms with Crippen molar-refractivity contribution in [2.24, 2.45) is 0 Å². The van der Waals surface area contributed by atoms with E-state index in [-0.39, 0.29) is 10.8 Å². The molecule has 0 aliphatic heterocycles. The number of amides is 1. The Morgan fingerprint density at radius 1 is 1.00 bits per heavy atom. The first-order valence-electron chi connectivity index (χ1n) is 10.5. The van der Waals surface area contributed by atoms with Crippen molar-refractivity contribution in [2.75, 3.05) is 16.6 Å². The molecule has 10 heteroatoms. The van der Waals surface area contributed by atoms with E-state index in [9.17, 15) is 13.2 Å². The minimum absolute atomic E-state index is 0.110. The van der Waals surface area contributed by atoms with Gasteiger partial charge in [0.05, 0.1) is 11.5 Å². The van der Waals surface area contributed by atoms with Gasteiger partial charge in [-0.25, -0.2) is 13.4 Å². The number of aryl methyl sites for hydroxylation is 1. The van der Waals surface area contributed by atoms with E-state index in [4.69, 9.17) is 4.74 Å². The maximum Gasteiger partial charge on any atom is 0.261 e. The van der Waals surface area contributed by atoms with E-state index in [1.165, 1.54) is 24.3 Å². The Kier molecular flexibility index (Phi) is 6.60. The summed E-state index contributed by atoms with van der Waals surface area (Å²) in [6.45, 7) is 4.16. The highest BCUT2D eigenvalue weighted by atomic mass is 32.2. The molecular formula is C24H23N5O4S. The number of nitrogens with zero attached hydrogens (tertiary/aromatic N) is 2. The van der Waals surface area contributed by atoms with Gasteiger partial charge in [0.2, 0.25) is 0 Å². The van der Waals surface area contributed by atoms with Gasteiger partial charge in [0.1, 0.15) is 11.6 Å². The van der Waals surface area contributed by atoms with Crippen LogP contribution in [0.15, 0.2) is 77.7 Å². The molecule has 1 amide bonds. The summed E-state index contributed by atoms with van der Waals surface area (Å²) >= 11 is 0. The van der Waals surface area contributed by atoms with Gasteiger partial charge in [-0.1, -0.05) is 12.1 Å². The highest BCUT2D eigenvalue weighted by molar-refractivity contribution is 7.92. The van der Waals surface area contributed by atoms with Crippen LogP contribution in [0.1, 0.15) is 23.1 Å². The molecule has 0 atom stereocenters. The van der Waals surface area contributed by atoms with Crippen LogP contribution in [0, 0.1) is 6.92 Å². The molecule has 0 aliphatic rings. The Morgan fingerprint density at radius 2 is 1.74 bits per heavy atom. The van der Waals surface area contributed by atoms with Crippen molar-refractivity contribution in [3.05, 3.63) is 84.2 Å². The van der Waals surface area contributed by atoms with Crippen LogP contribution in [0.4, 0.5) is 11.4 Å². The zero-order valence-electron chi connectivity index (χ0n) is 18.6. The van der Waals surface area contributed by atoms with Crippen molar-refractivity contribution in [1.29, 1.82) is 0 Å². The van der Waals surface area contributed by atoms with Crippen molar-refractivity contribution in [3.63, 3.8) is 0 Å². The second-order valence-electron chi connectivity index (χ2n) is 7.37. The van der Waals surface area contributed by atoms with E-state index in [0.29, 0.717) is 40.9 Å². The predicted molar refractivity (Wildman–Crippen MR) is 129 cm³/mol. The molecule has 0 saturated heterocycles. The Hall–Kier alpha value is -4.18. The number of aromatic amines is 1. The molecule has 1 aromatic heterocycles. The molecule has 0 radical (unpaired) electrons. The molecule has 1 heterocycles. The lowest BCUT2D eigenvalue weighted by molar-refractivity contribution is 0.102. The lowest BCUT2D eigenvalue weighted by Gasteiger charge is -2.10. The van der Waals surface area contributed by atoms with E-state index in [2.05, 4.69) is 25.2 Å². The summed E-state index contributed by atoms with van der Waals surface area (Å²) in [4.78, 5) is 17.1. The number of hydrogen-bond donors (Lipinski definition) is 3. The molecule has 0 saturated carbocycles. The highest BCUT2D eigenvalue weighted by Crippen LogP contribution is 2.22. The molecule has 4 rings (SSSR count). The molecule has 0 bridgehead atoms. The molecule has 3 aromatic carbocycles. The Balaban J connectivity index is 1.42. The summed E-state index contributed by atoms with van der Waals surface area (Å²) in [5.74, 6) is 1.50. The molecule has 0 spiro atoms. The van der Waals surface area contributed by atoms with E-state index < -0.39 is 10.0 Å². The number of benzene rings is 3. The number of carbonyl (C=O) groups is 1. The number of aromatic nitrogens is 3. The van der Waals surface area contributed by atoms with E-state index >= 15 is 0 Å². The third kappa shape index (κ3) is 5.41. The SMILES string of the molecule is CCOc1ccc(S(=O)(=O)Nc2ccc(C(=O)Nc3cccc(-c4n[nH]c(C)n4)c3)cc2)cc1. The van der Waals surface area contributed by atoms with Crippen molar-refractivity contribution < 1.29 is 17.9 Å². The highest BCUT2D eigenvalue weighted by Gasteiger charge is 2.15. The summed E-state index contributed by atoms with van der Waals surface area (Å²) in [7, 11) is -3.78. The van der Waals surface area contributed by atoms with Gasteiger partial charge < -0.3 is 10.1 Å². The van der Waals surface area contributed by atoms with Crippen LogP contribution < -0.4 is 14.8 Å². The van der Waals surface area contributed by atoms with Crippen LogP contribution in [-0.4, -0.2) is 36.1 Å². The number of anilines is 2. The monoisotopic (exact) mass is 477 g/mol. The number of carbonyl (C=O) groups excluding carboxylic acids is 1. The quantitative estimate of drug-likeness (QED) is 0.349. The van der Waals surface area contributed by atoms with Crippen molar-refractivity contribution in [2.45, 2.75) is 18.7 Å². The van der Waals surface area contributed by atoms with Crippen molar-refractivity contribution in [3.8, 4) is 17.1 Å². The average Bonchev–Trinajstić information content (AvgIpc) is 3.26. The molecule has 0 aliphatic carbocycles. The van der Waals surface area contributed by atoms with Gasteiger partial charge in [-0.3, -0.25) is 14.6 Å². The number of nitrogens with one attached hydrogen (secondary N) is 3. The minimum Gasteiger partial charge on any atom is -0.494 e. The summed E-state index contributed by atoms with van der Waals surface area (Å²) in [5.41, 5.74) is 2.07. The lowest BCUT2D eigenvalue weighted by Crippen LogP contribution is -2.14. The summed E-state index contributed by atoms with van der Waals surface area (Å²) in [5, 5.41) is 9.75. The topological polar surface area (TPSA) is 126 Å². The summed E-state index contributed by atoms with van der Waals surface area (Å²) < 4.78 is 33.1. The van der Waals surface area contributed by atoms with Crippen LogP contribution >= 0.6 is 0 Å². The predicted octanol–water partition coefficient (Wildman–Crippen LogP) is 4.23. The lowest BCUT2D eigenvalue weighted by atomic mass is 10.1. The average molecular weight is 478 g/mol. The number of rotatable bonds is 8. The van der Waals surface area contributed by atoms with Crippen LogP contribution in [-0.2, 0) is 10.0 Å². The van der Waals surface area contributed by atoms with Gasteiger partial charge >= 0.3 is 0 Å². The minimum atomic E-state index is -3.78. The maximum absolute atomic E-state index is 12.7. The van der Waals surface area contributed by atoms with Crippen LogP contribution in [0.3, 0.4) is 0 Å². The van der Waals surface area contributed by atoms with Crippen LogP contribution in [0.25, 0.3) is 11.4 Å². The molecule has 4 aromatic rings. The third-order valence-electron chi connectivity index (χ3n) is 4.82. The first-order chi connectivity index (χ1) is 16.3. The Bertz CT molecular complexity index is 1400. The van der Waals surface area contributed by atoms with E-state index in [0.717, 1.165) is 5.56 Å². The Labute approximate surface area is 197 Å². The number of hydrogen-bond acceptors (Lipinski definition) is 6. The fourth-order valence-electron chi connectivity index (χ4n) is 3.20. The van der Waals surface area contributed by atoms with Gasteiger partial charge in [-0.2, -0.15) is 5.10 Å². The molecular weight excluding hydrogens is 454 g/mol. The van der Waals surface area contributed by atoms with Crippen molar-refractivity contribution >= 4 is 27.3 Å². The summed E-state index contributed by atoms with van der Waals surface area (Å²) in [6.07, 6.45) is 0. The van der Waals surface area contributed by atoms with Gasteiger partial charge in [-0.15, -0.1) is 0 Å². The van der Waals surface area contributed by atoms with E-state index in [1.807, 2.05) is 19.9 Å². The smallest absolute Gasteiger partial charge is 0.261 e. The largest absolute Gasteiger partial charge is 0.494 e. The number of sulfonamides is 1. The maximum atomic E-state index is 12.7. The second kappa shape index (κ2) is 9.75. The fourth-order valence-corrected chi connectivity index (χ4v) is 4.26. The van der Waals surface area contributed by atoms with Crippen LogP contribution in [0.5, 0.6) is 5.75 Å². The third-order valence-corrected chi connectivity index (χ3v) is 6.22. The zero-order valence-corrected chi connectivity index (χ0v) is 19.4. The molecule has 3 N–H and O–H groups in total. The van der Waals surface area contributed by atoms with Gasteiger partial charge in [-0.05, 0) is 74.5 Å². The molecule has 0 unspecified atom stereocenters. The van der Waals surface area contributed by atoms with E-state index in [1.54, 1.807) is 42.5 Å². The first kappa shape index (κ1) is 23.0. The fraction of sp³-hybridized carbons (Fsp3) is 0.125. The normalized spacial score (nSPS) is 11.1. The summed E-state index contributed by atoms with van der Waals surface area (Å²) in [6, 6.07) is 19.5. The number of ether oxygens (including phenoxy) is 1. The molecule has 0 fully saturated rings. The van der Waals surface area contributed by atoms with Gasteiger partial charge in [0.15, 0.2) is 5.82 Å². The van der Waals surface area contributed by atoms with Gasteiger partial charge in [0.25, 0.3) is 15.9 Å². The molecule has 174 valence electrons. The Morgan fingerprint density at radius 3 is 2.38 bits per heavy atom. The second-order valence-corrected chi connectivity index (χ2v) is 9.05. The number of H-pyrrole nitrogens is 1. The first-order valence-corrected chi connectivity index (χ1v) is 12.0. The van der Waals surface area contributed by atoms with Gasteiger partial charge in [0, 0.05) is 22.5 Å². The molecule has 34 heavy (non-hydrogen) atoms. The van der Waals surface area contributed by atoms with Crippen molar-refractivity contribution in [1.82, 2.24) is 15.2 Å². The molecule has 9 nitrogen and oxygen atoms in total. The zero-order chi connectivity index (χ0) is 24.1.